The lowest BCUT2D eigenvalue weighted by molar-refractivity contribution is -0.0379. The van der Waals surface area contributed by atoms with E-state index in [0.29, 0.717) is 24.3 Å². The van der Waals surface area contributed by atoms with E-state index >= 15 is 0 Å². The molecule has 2 saturated heterocycles. The van der Waals surface area contributed by atoms with Gasteiger partial charge in [0.2, 0.25) is 0 Å². The highest BCUT2D eigenvalue weighted by Crippen LogP contribution is 2.39. The molecular formula is C9H15BrO3S. The maximum absolute atomic E-state index is 11.3. The first-order valence-corrected chi connectivity index (χ1v) is 7.94. The molecule has 2 rings (SSSR count). The molecule has 3 nitrogen and oxygen atoms in total. The van der Waals surface area contributed by atoms with Crippen molar-refractivity contribution in [1.29, 1.82) is 0 Å². The van der Waals surface area contributed by atoms with Gasteiger partial charge in [-0.3, -0.25) is 0 Å². The minimum absolute atomic E-state index is 0.107. The van der Waals surface area contributed by atoms with Crippen LogP contribution in [0.4, 0.5) is 0 Å². The third-order valence-electron chi connectivity index (χ3n) is 3.25. The van der Waals surface area contributed by atoms with Crippen molar-refractivity contribution in [3.8, 4) is 0 Å². The summed E-state index contributed by atoms with van der Waals surface area (Å²) in [7, 11) is -2.76. The molecule has 0 saturated carbocycles. The first kappa shape index (κ1) is 10.9. The molecule has 0 bridgehead atoms. The van der Waals surface area contributed by atoms with Gasteiger partial charge in [-0.25, -0.2) is 8.42 Å². The van der Waals surface area contributed by atoms with Crippen LogP contribution in [0, 0.1) is 0 Å². The normalized spacial score (nSPS) is 34.8. The number of halogens is 1. The van der Waals surface area contributed by atoms with Crippen LogP contribution in [0.2, 0.25) is 0 Å². The third kappa shape index (κ3) is 2.14. The van der Waals surface area contributed by atoms with Crippen molar-refractivity contribution < 1.29 is 13.2 Å². The Kier molecular flexibility index (Phi) is 2.92. The maximum Gasteiger partial charge on any atom is 0.150 e. The molecule has 2 aliphatic heterocycles. The number of ether oxygens (including phenoxy) is 1. The molecule has 0 amide bonds. The van der Waals surface area contributed by atoms with Crippen LogP contribution in [0.1, 0.15) is 25.7 Å². The number of rotatable bonds is 1. The quantitative estimate of drug-likeness (QED) is 0.685. The first-order valence-electron chi connectivity index (χ1n) is 4.99. The van der Waals surface area contributed by atoms with E-state index in [1.807, 2.05) is 0 Å². The summed E-state index contributed by atoms with van der Waals surface area (Å²) in [5.41, 5.74) is -0.107. The molecule has 0 aromatic carbocycles. The Bertz CT molecular complexity index is 298. The highest BCUT2D eigenvalue weighted by molar-refractivity contribution is 9.09. The Morgan fingerprint density at radius 1 is 1.29 bits per heavy atom. The van der Waals surface area contributed by atoms with Crippen LogP contribution < -0.4 is 0 Å². The fourth-order valence-corrected chi connectivity index (χ4v) is 4.31. The van der Waals surface area contributed by atoms with Gasteiger partial charge < -0.3 is 4.74 Å². The van der Waals surface area contributed by atoms with Gasteiger partial charge in [-0.15, -0.1) is 0 Å². The monoisotopic (exact) mass is 282 g/mol. The van der Waals surface area contributed by atoms with Crippen molar-refractivity contribution in [2.24, 2.45) is 0 Å². The first-order chi connectivity index (χ1) is 6.55. The molecule has 0 radical (unpaired) electrons. The van der Waals surface area contributed by atoms with E-state index in [2.05, 4.69) is 15.9 Å². The zero-order chi connectivity index (χ0) is 10.2. The highest BCUT2D eigenvalue weighted by atomic mass is 79.9. The number of sulfone groups is 1. The molecule has 0 aromatic heterocycles. The molecule has 82 valence electrons. The fraction of sp³-hybridized carbons (Fsp3) is 1.00. The van der Waals surface area contributed by atoms with Gasteiger partial charge in [-0.05, 0) is 25.7 Å². The minimum Gasteiger partial charge on any atom is -0.371 e. The zero-order valence-corrected chi connectivity index (χ0v) is 10.4. The summed E-state index contributed by atoms with van der Waals surface area (Å²) >= 11 is 3.41. The smallest absolute Gasteiger partial charge is 0.150 e. The molecule has 2 fully saturated rings. The number of alkyl halides is 1. The summed E-state index contributed by atoms with van der Waals surface area (Å²) in [6.07, 6.45) is 3.76. The van der Waals surface area contributed by atoms with Crippen LogP contribution in [0.5, 0.6) is 0 Å². The summed E-state index contributed by atoms with van der Waals surface area (Å²) in [5, 5.41) is 0.863. The van der Waals surface area contributed by atoms with Crippen molar-refractivity contribution in [2.75, 3.05) is 16.8 Å². The summed E-state index contributed by atoms with van der Waals surface area (Å²) in [5.74, 6) is 0.615. The Labute approximate surface area is 93.3 Å². The van der Waals surface area contributed by atoms with Gasteiger partial charge in [0.05, 0.1) is 23.2 Å². The lowest BCUT2D eigenvalue weighted by Gasteiger charge is -2.33. The Balaban J connectivity index is 2.01. The van der Waals surface area contributed by atoms with E-state index in [9.17, 15) is 8.42 Å². The summed E-state index contributed by atoms with van der Waals surface area (Å²) in [6.45, 7) is 0. The van der Waals surface area contributed by atoms with Gasteiger partial charge in [0.15, 0.2) is 9.84 Å². The predicted octanol–water partition coefficient (Wildman–Crippen LogP) is 1.51. The van der Waals surface area contributed by atoms with Gasteiger partial charge in [0, 0.05) is 5.33 Å². The van der Waals surface area contributed by atoms with Gasteiger partial charge in [-0.1, -0.05) is 15.9 Å². The zero-order valence-electron chi connectivity index (χ0n) is 8.04. The molecule has 1 unspecified atom stereocenters. The van der Waals surface area contributed by atoms with Crippen LogP contribution in [0.15, 0.2) is 0 Å². The van der Waals surface area contributed by atoms with Gasteiger partial charge in [0.1, 0.15) is 0 Å². The summed E-state index contributed by atoms with van der Waals surface area (Å²) in [4.78, 5) is 0. The van der Waals surface area contributed by atoms with Crippen LogP contribution in [-0.2, 0) is 14.6 Å². The molecule has 1 atom stereocenters. The molecule has 2 heterocycles. The van der Waals surface area contributed by atoms with Crippen molar-refractivity contribution in [1.82, 2.24) is 0 Å². The maximum atomic E-state index is 11.3. The number of hydrogen-bond acceptors (Lipinski definition) is 3. The Morgan fingerprint density at radius 3 is 2.43 bits per heavy atom. The van der Waals surface area contributed by atoms with E-state index in [4.69, 9.17) is 4.74 Å². The predicted molar refractivity (Wildman–Crippen MR) is 58.5 cm³/mol. The summed E-state index contributed by atoms with van der Waals surface area (Å²) in [6, 6.07) is 0. The van der Waals surface area contributed by atoms with Crippen molar-refractivity contribution >= 4 is 25.8 Å². The minimum atomic E-state index is -2.76. The molecule has 0 N–H and O–H groups in total. The van der Waals surface area contributed by atoms with Gasteiger partial charge in [-0.2, -0.15) is 0 Å². The second kappa shape index (κ2) is 3.76. The molecule has 14 heavy (non-hydrogen) atoms. The van der Waals surface area contributed by atoms with E-state index in [-0.39, 0.29) is 11.7 Å². The number of hydrogen-bond donors (Lipinski definition) is 0. The highest BCUT2D eigenvalue weighted by Gasteiger charge is 2.43. The van der Waals surface area contributed by atoms with Crippen LogP contribution in [0.3, 0.4) is 0 Å². The van der Waals surface area contributed by atoms with Crippen LogP contribution >= 0.6 is 15.9 Å². The van der Waals surface area contributed by atoms with Gasteiger partial charge in [0.25, 0.3) is 0 Å². The Morgan fingerprint density at radius 2 is 1.93 bits per heavy atom. The van der Waals surface area contributed by atoms with Crippen LogP contribution in [-0.4, -0.2) is 37.0 Å². The lowest BCUT2D eigenvalue weighted by atomic mass is 9.93. The second-order valence-corrected chi connectivity index (χ2v) is 7.22. The lowest BCUT2D eigenvalue weighted by Crippen LogP contribution is -2.39. The molecule has 5 heteroatoms. The second-order valence-electron chi connectivity index (χ2n) is 4.27. The SMILES string of the molecule is O=S1(=O)CCC2(CCC(CBr)O2)CC1. The van der Waals surface area contributed by atoms with Crippen molar-refractivity contribution in [3.05, 3.63) is 0 Å². The van der Waals surface area contributed by atoms with Gasteiger partial charge >= 0.3 is 0 Å². The third-order valence-corrected chi connectivity index (χ3v) is 5.62. The molecule has 1 spiro atoms. The van der Waals surface area contributed by atoms with E-state index in [1.54, 1.807) is 0 Å². The topological polar surface area (TPSA) is 43.4 Å². The average molecular weight is 283 g/mol. The van der Waals surface area contributed by atoms with E-state index < -0.39 is 9.84 Å². The standard InChI is InChI=1S/C9H15BrO3S/c10-7-8-1-2-9(13-8)3-5-14(11,12)6-4-9/h8H,1-7H2. The van der Waals surface area contributed by atoms with Crippen molar-refractivity contribution in [2.45, 2.75) is 37.4 Å². The van der Waals surface area contributed by atoms with E-state index in [1.165, 1.54) is 0 Å². The molecule has 2 aliphatic rings. The van der Waals surface area contributed by atoms with E-state index in [0.717, 1.165) is 18.2 Å². The largest absolute Gasteiger partial charge is 0.371 e. The Hall–Kier alpha value is 0.390. The molecule has 0 aromatic rings. The molecule has 0 aliphatic carbocycles. The molecular weight excluding hydrogens is 268 g/mol. The van der Waals surface area contributed by atoms with Crippen molar-refractivity contribution in [3.63, 3.8) is 0 Å². The average Bonchev–Trinajstić information content (AvgIpc) is 2.56. The van der Waals surface area contributed by atoms with Crippen LogP contribution in [0.25, 0.3) is 0 Å². The summed E-state index contributed by atoms with van der Waals surface area (Å²) < 4.78 is 28.5. The fourth-order valence-electron chi connectivity index (χ4n) is 2.28.